The zero-order valence-corrected chi connectivity index (χ0v) is 15.7. The molecule has 0 aliphatic carbocycles. The highest BCUT2D eigenvalue weighted by molar-refractivity contribution is 5.79. The monoisotopic (exact) mass is 374 g/mol. The van der Waals surface area contributed by atoms with Gasteiger partial charge in [-0.3, -0.25) is 0 Å². The normalized spacial score (nSPS) is 17.3. The van der Waals surface area contributed by atoms with Gasteiger partial charge in [-0.2, -0.15) is 0 Å². The number of aromatic nitrogens is 3. The molecule has 27 heavy (non-hydrogen) atoms. The molecule has 2 heterocycles. The van der Waals surface area contributed by atoms with Gasteiger partial charge in [0.25, 0.3) is 0 Å². The van der Waals surface area contributed by atoms with E-state index in [2.05, 4.69) is 32.7 Å². The first-order valence-electron chi connectivity index (χ1n) is 9.46. The van der Waals surface area contributed by atoms with E-state index in [0.29, 0.717) is 24.0 Å². The maximum Gasteiger partial charge on any atom is 0.191 e. The van der Waals surface area contributed by atoms with Gasteiger partial charge in [0.2, 0.25) is 0 Å². The SMILES string of the molecule is CCc1nncn1CCNC(=NCc1ccccc1F)NCC1CCOC1. The minimum absolute atomic E-state index is 0.234. The van der Waals surface area contributed by atoms with Gasteiger partial charge in [0.1, 0.15) is 18.0 Å². The fourth-order valence-electron chi connectivity index (χ4n) is 2.98. The Kier molecular flexibility index (Phi) is 7.15. The number of aliphatic imine (C=N–C) groups is 1. The van der Waals surface area contributed by atoms with Crippen molar-refractivity contribution in [2.45, 2.75) is 32.9 Å². The van der Waals surface area contributed by atoms with Crippen LogP contribution in [0.25, 0.3) is 0 Å². The fourth-order valence-corrected chi connectivity index (χ4v) is 2.98. The van der Waals surface area contributed by atoms with E-state index >= 15 is 0 Å². The number of nitrogens with one attached hydrogen (secondary N) is 2. The van der Waals surface area contributed by atoms with Crippen molar-refractivity contribution in [1.29, 1.82) is 0 Å². The molecular weight excluding hydrogens is 347 g/mol. The smallest absolute Gasteiger partial charge is 0.191 e. The number of aryl methyl sites for hydroxylation is 1. The summed E-state index contributed by atoms with van der Waals surface area (Å²) in [6.07, 6.45) is 3.63. The summed E-state index contributed by atoms with van der Waals surface area (Å²) < 4.78 is 21.3. The summed E-state index contributed by atoms with van der Waals surface area (Å²) in [4.78, 5) is 4.55. The van der Waals surface area contributed by atoms with Crippen molar-refractivity contribution in [2.24, 2.45) is 10.9 Å². The number of hydrogen-bond donors (Lipinski definition) is 2. The quantitative estimate of drug-likeness (QED) is 0.544. The summed E-state index contributed by atoms with van der Waals surface area (Å²) in [6.45, 7) is 6.13. The summed E-state index contributed by atoms with van der Waals surface area (Å²) in [5.41, 5.74) is 0.579. The van der Waals surface area contributed by atoms with Gasteiger partial charge < -0.3 is 19.9 Å². The molecule has 0 radical (unpaired) electrons. The first kappa shape index (κ1) is 19.3. The molecule has 2 aromatic rings. The van der Waals surface area contributed by atoms with Crippen LogP contribution in [0.5, 0.6) is 0 Å². The number of ether oxygens (including phenoxy) is 1. The van der Waals surface area contributed by atoms with E-state index in [1.807, 2.05) is 10.6 Å². The molecule has 1 aliphatic rings. The summed E-state index contributed by atoms with van der Waals surface area (Å²) in [6, 6.07) is 6.72. The number of rotatable bonds is 8. The Morgan fingerprint density at radius 2 is 2.26 bits per heavy atom. The molecule has 1 fully saturated rings. The highest BCUT2D eigenvalue weighted by Crippen LogP contribution is 2.11. The van der Waals surface area contributed by atoms with Crippen LogP contribution in [-0.2, 0) is 24.2 Å². The maximum absolute atomic E-state index is 13.8. The van der Waals surface area contributed by atoms with E-state index < -0.39 is 0 Å². The lowest BCUT2D eigenvalue weighted by molar-refractivity contribution is 0.186. The van der Waals surface area contributed by atoms with Crippen LogP contribution in [0.2, 0.25) is 0 Å². The molecule has 146 valence electrons. The van der Waals surface area contributed by atoms with Crippen LogP contribution in [0.1, 0.15) is 24.7 Å². The van der Waals surface area contributed by atoms with Gasteiger partial charge >= 0.3 is 0 Å². The van der Waals surface area contributed by atoms with Crippen molar-refractivity contribution in [1.82, 2.24) is 25.4 Å². The summed E-state index contributed by atoms with van der Waals surface area (Å²) in [7, 11) is 0. The molecule has 1 aromatic heterocycles. The first-order chi connectivity index (χ1) is 13.3. The Hall–Kier alpha value is -2.48. The molecule has 1 unspecified atom stereocenters. The van der Waals surface area contributed by atoms with Gasteiger partial charge in [-0.15, -0.1) is 10.2 Å². The Morgan fingerprint density at radius 3 is 3.04 bits per heavy atom. The van der Waals surface area contributed by atoms with Gasteiger partial charge in [0.05, 0.1) is 13.2 Å². The van der Waals surface area contributed by atoms with Crippen molar-refractivity contribution >= 4 is 5.96 Å². The number of hydrogen-bond acceptors (Lipinski definition) is 4. The Bertz CT molecular complexity index is 741. The molecule has 1 aromatic carbocycles. The second kappa shape index (κ2) is 10.0. The van der Waals surface area contributed by atoms with Crippen molar-refractivity contribution in [3.8, 4) is 0 Å². The van der Waals surface area contributed by atoms with Gasteiger partial charge in [0, 0.05) is 44.1 Å². The van der Waals surface area contributed by atoms with Gasteiger partial charge in [0.15, 0.2) is 5.96 Å². The minimum atomic E-state index is -0.234. The third-order valence-corrected chi connectivity index (χ3v) is 4.60. The van der Waals surface area contributed by atoms with Crippen LogP contribution in [0.15, 0.2) is 35.6 Å². The topological polar surface area (TPSA) is 76.4 Å². The van der Waals surface area contributed by atoms with Crippen LogP contribution < -0.4 is 10.6 Å². The summed E-state index contributed by atoms with van der Waals surface area (Å²) >= 11 is 0. The standard InChI is InChI=1S/C19H27FN6O/c1-2-18-25-24-14-26(18)9-8-21-19(22-11-15-7-10-27-13-15)23-12-16-5-3-4-6-17(16)20/h3-6,14-15H,2,7-13H2,1H3,(H2,21,22,23). The zero-order chi connectivity index (χ0) is 18.9. The van der Waals surface area contributed by atoms with Crippen LogP contribution in [0, 0.1) is 11.7 Å². The van der Waals surface area contributed by atoms with Crippen LogP contribution in [0.3, 0.4) is 0 Å². The lowest BCUT2D eigenvalue weighted by Gasteiger charge is -2.15. The van der Waals surface area contributed by atoms with Crippen LogP contribution in [-0.4, -0.2) is 47.0 Å². The second-order valence-electron chi connectivity index (χ2n) is 6.59. The number of halogens is 1. The van der Waals surface area contributed by atoms with Crippen LogP contribution >= 0.6 is 0 Å². The van der Waals surface area contributed by atoms with Crippen LogP contribution in [0.4, 0.5) is 4.39 Å². The molecule has 1 aliphatic heterocycles. The molecule has 0 bridgehead atoms. The van der Waals surface area contributed by atoms with E-state index in [4.69, 9.17) is 4.74 Å². The molecule has 0 spiro atoms. The fraction of sp³-hybridized carbons (Fsp3) is 0.526. The van der Waals surface area contributed by atoms with E-state index in [1.54, 1.807) is 18.5 Å². The predicted octanol–water partition coefficient (Wildman–Crippen LogP) is 1.75. The van der Waals surface area contributed by atoms with E-state index in [-0.39, 0.29) is 12.4 Å². The predicted molar refractivity (Wildman–Crippen MR) is 102 cm³/mol. The Balaban J connectivity index is 1.57. The largest absolute Gasteiger partial charge is 0.381 e. The first-order valence-corrected chi connectivity index (χ1v) is 9.46. The average molecular weight is 374 g/mol. The zero-order valence-electron chi connectivity index (χ0n) is 15.7. The van der Waals surface area contributed by atoms with E-state index in [1.165, 1.54) is 6.07 Å². The van der Waals surface area contributed by atoms with Gasteiger partial charge in [-0.25, -0.2) is 9.38 Å². The van der Waals surface area contributed by atoms with E-state index in [9.17, 15) is 4.39 Å². The molecular formula is C19H27FN6O. The second-order valence-corrected chi connectivity index (χ2v) is 6.59. The molecule has 1 saturated heterocycles. The molecule has 7 nitrogen and oxygen atoms in total. The van der Waals surface area contributed by atoms with Crippen molar-refractivity contribution in [3.63, 3.8) is 0 Å². The van der Waals surface area contributed by atoms with Crippen molar-refractivity contribution < 1.29 is 9.13 Å². The Labute approximate surface area is 159 Å². The van der Waals surface area contributed by atoms with Crippen molar-refractivity contribution in [2.75, 3.05) is 26.3 Å². The highest BCUT2D eigenvalue weighted by atomic mass is 19.1. The average Bonchev–Trinajstić information content (AvgIpc) is 3.36. The third-order valence-electron chi connectivity index (χ3n) is 4.60. The molecule has 1 atom stereocenters. The van der Waals surface area contributed by atoms with Gasteiger partial charge in [-0.05, 0) is 12.5 Å². The molecule has 0 amide bonds. The summed E-state index contributed by atoms with van der Waals surface area (Å²) in [5, 5.41) is 14.7. The van der Waals surface area contributed by atoms with Crippen molar-refractivity contribution in [3.05, 3.63) is 47.8 Å². The summed E-state index contributed by atoms with van der Waals surface area (Å²) in [5.74, 6) is 1.88. The maximum atomic E-state index is 13.8. The number of nitrogens with zero attached hydrogens (tertiary/aromatic N) is 4. The molecule has 3 rings (SSSR count). The lowest BCUT2D eigenvalue weighted by Crippen LogP contribution is -2.41. The molecule has 2 N–H and O–H groups in total. The lowest BCUT2D eigenvalue weighted by atomic mass is 10.1. The highest BCUT2D eigenvalue weighted by Gasteiger charge is 2.15. The van der Waals surface area contributed by atoms with Gasteiger partial charge in [-0.1, -0.05) is 25.1 Å². The number of guanidine groups is 1. The number of benzene rings is 1. The Morgan fingerprint density at radius 1 is 1.37 bits per heavy atom. The van der Waals surface area contributed by atoms with E-state index in [0.717, 1.165) is 45.0 Å². The third kappa shape index (κ3) is 5.75. The molecule has 8 heteroatoms. The minimum Gasteiger partial charge on any atom is -0.381 e. The molecule has 0 saturated carbocycles.